The quantitative estimate of drug-likeness (QED) is 0.197. The van der Waals surface area contributed by atoms with Crippen LogP contribution in [0.1, 0.15) is 88.5 Å². The van der Waals surface area contributed by atoms with E-state index in [0.29, 0.717) is 34.7 Å². The molecule has 2 heterocycles. The molecule has 5 unspecified atom stereocenters. The number of methoxy groups -OCH3 is 1. The highest BCUT2D eigenvalue weighted by atomic mass is 16.5. The number of furan rings is 1. The molecule has 0 bridgehead atoms. The highest BCUT2D eigenvalue weighted by Gasteiger charge is 2.56. The molecule has 222 valence electrons. The zero-order chi connectivity index (χ0) is 29.8. The number of hydrogen-bond donors (Lipinski definition) is 1. The number of benzene rings is 2. The molecule has 2 fully saturated rings. The number of carbonyl (C=O) groups is 1. The maximum absolute atomic E-state index is 11.4. The van der Waals surface area contributed by atoms with E-state index in [-0.39, 0.29) is 29.0 Å². The molecule has 5 atom stereocenters. The van der Waals surface area contributed by atoms with Crippen molar-refractivity contribution in [1.29, 1.82) is 0 Å². The number of carbonyl (C=O) groups excluding carboxylic acids is 1. The summed E-state index contributed by atoms with van der Waals surface area (Å²) in [6, 6.07) is 12.7. The van der Waals surface area contributed by atoms with Crippen LogP contribution in [0.15, 0.2) is 56.1 Å². The van der Waals surface area contributed by atoms with Gasteiger partial charge in [-0.2, -0.15) is 0 Å². The van der Waals surface area contributed by atoms with E-state index in [4.69, 9.17) is 18.3 Å². The van der Waals surface area contributed by atoms with Crippen molar-refractivity contribution in [2.75, 3.05) is 7.11 Å². The van der Waals surface area contributed by atoms with E-state index < -0.39 is 0 Å². The molecule has 7 heteroatoms. The lowest BCUT2D eigenvalue weighted by Gasteiger charge is -2.50. The first kappa shape index (κ1) is 28.4. The summed E-state index contributed by atoms with van der Waals surface area (Å²) in [6.45, 7) is 7.96. The van der Waals surface area contributed by atoms with Gasteiger partial charge in [0, 0.05) is 35.8 Å². The number of rotatable bonds is 3. The number of phenols is 1. The minimum absolute atomic E-state index is 0.104. The molecule has 3 aliphatic rings. The van der Waals surface area contributed by atoms with Gasteiger partial charge >= 0.3 is 11.6 Å². The molecule has 4 aromatic rings. The first-order valence-electron chi connectivity index (χ1n) is 15.1. The average Bonchev–Trinajstić information content (AvgIpc) is 3.48. The zero-order valence-electron chi connectivity index (χ0n) is 25.1. The second-order valence-corrected chi connectivity index (χ2v) is 12.8. The average molecular weight is 573 g/mol. The van der Waals surface area contributed by atoms with Crippen LogP contribution in [-0.4, -0.2) is 24.3 Å². The molecule has 7 rings (SSSR count). The van der Waals surface area contributed by atoms with Gasteiger partial charge < -0.3 is 23.4 Å². The Labute approximate surface area is 245 Å². The van der Waals surface area contributed by atoms with Crippen LogP contribution in [0.25, 0.3) is 21.9 Å². The number of phenolic OH excluding ortho intramolecular Hbond substituents is 1. The third kappa shape index (κ3) is 4.87. The first-order valence-corrected chi connectivity index (χ1v) is 15.1. The lowest BCUT2D eigenvalue weighted by Crippen LogP contribution is -2.45. The normalized spacial score (nSPS) is 26.2. The minimum Gasteiger partial charge on any atom is -0.508 e. The fourth-order valence-electron chi connectivity index (χ4n) is 8.16. The third-order valence-electron chi connectivity index (χ3n) is 10.1. The summed E-state index contributed by atoms with van der Waals surface area (Å²) < 4.78 is 22.1. The fraction of sp³-hybridized carbons (Fsp3) is 0.486. The number of hydrogen-bond acceptors (Lipinski definition) is 7. The van der Waals surface area contributed by atoms with Crippen LogP contribution in [0.4, 0.5) is 0 Å². The molecule has 0 radical (unpaired) electrons. The molecule has 7 nitrogen and oxygen atoms in total. The van der Waals surface area contributed by atoms with Gasteiger partial charge in [-0.15, -0.1) is 0 Å². The van der Waals surface area contributed by atoms with Gasteiger partial charge in [-0.3, -0.25) is 4.79 Å². The first-order chi connectivity index (χ1) is 20.1. The van der Waals surface area contributed by atoms with Crippen molar-refractivity contribution in [2.45, 2.75) is 84.2 Å². The predicted molar refractivity (Wildman–Crippen MR) is 161 cm³/mol. The lowest BCUT2D eigenvalue weighted by atomic mass is 9.55. The van der Waals surface area contributed by atoms with E-state index in [0.717, 1.165) is 41.5 Å². The summed E-state index contributed by atoms with van der Waals surface area (Å²) in [4.78, 5) is 22.7. The summed E-state index contributed by atoms with van der Waals surface area (Å²) in [7, 11) is 1.63. The zero-order valence-corrected chi connectivity index (χ0v) is 25.1. The van der Waals surface area contributed by atoms with Crippen LogP contribution in [0, 0.1) is 17.3 Å². The molecule has 0 saturated heterocycles. The van der Waals surface area contributed by atoms with Crippen molar-refractivity contribution < 1.29 is 28.2 Å². The van der Waals surface area contributed by atoms with E-state index >= 15 is 0 Å². The molecule has 42 heavy (non-hydrogen) atoms. The summed E-state index contributed by atoms with van der Waals surface area (Å²) in [5.74, 6) is 4.00. The Morgan fingerprint density at radius 1 is 1.02 bits per heavy atom. The maximum atomic E-state index is 11.4. The molecule has 2 aromatic heterocycles. The third-order valence-corrected chi connectivity index (χ3v) is 10.1. The Hall–Kier alpha value is -3.74. The smallest absolute Gasteiger partial charge is 0.336 e. The Balaban J connectivity index is 0.000000153. The number of aromatic hydroxyl groups is 1. The molecule has 0 spiro atoms. The fourth-order valence-corrected chi connectivity index (χ4v) is 8.16. The predicted octanol–water partition coefficient (Wildman–Crippen LogP) is 7.85. The van der Waals surface area contributed by atoms with Crippen molar-refractivity contribution in [3.05, 3.63) is 69.8 Å². The monoisotopic (exact) mass is 572 g/mol. The molecule has 1 N–H and O–H groups in total. The van der Waals surface area contributed by atoms with Gasteiger partial charge in [-0.05, 0) is 91.7 Å². The van der Waals surface area contributed by atoms with E-state index in [1.807, 2.05) is 32.0 Å². The second kappa shape index (κ2) is 10.8. The van der Waals surface area contributed by atoms with Crippen molar-refractivity contribution in [2.24, 2.45) is 17.3 Å². The number of fused-ring (bicyclic) bond motifs is 7. The van der Waals surface area contributed by atoms with E-state index in [1.54, 1.807) is 19.2 Å². The van der Waals surface area contributed by atoms with Crippen molar-refractivity contribution >= 4 is 27.9 Å². The van der Waals surface area contributed by atoms with Crippen molar-refractivity contribution in [1.82, 2.24) is 0 Å². The standard InChI is InChI=1S/C20H26O3.C15H14O4/c1-12(21)23-19-8-7-18-17-5-3-13-11-14(22)4-6-15(13)16(17)9-10-20(18,19)2;1-8(2)14-15(17-3)10-6-9-4-5-13(16)18-11(9)7-12(10)19-14/h4,6,11,16-19,22H,3,5,7-10H2,1-2H3;4-8H,1-3H3. The number of aryl methyl sites for hydroxylation is 1. The van der Waals surface area contributed by atoms with Gasteiger partial charge in [0.25, 0.3) is 0 Å². The second-order valence-electron chi connectivity index (χ2n) is 12.8. The number of ether oxygens (including phenoxy) is 2. The van der Waals surface area contributed by atoms with Gasteiger partial charge in [-0.1, -0.05) is 26.8 Å². The molecule has 0 aliphatic heterocycles. The molecule has 2 saturated carbocycles. The van der Waals surface area contributed by atoms with Gasteiger partial charge in [0.15, 0.2) is 5.75 Å². The summed E-state index contributed by atoms with van der Waals surface area (Å²) in [6.07, 6.45) is 6.89. The molecule has 0 amide bonds. The minimum atomic E-state index is -0.366. The molecular weight excluding hydrogens is 532 g/mol. The van der Waals surface area contributed by atoms with E-state index in [1.165, 1.54) is 43.4 Å². The van der Waals surface area contributed by atoms with E-state index in [2.05, 4.69) is 13.0 Å². The Morgan fingerprint density at radius 3 is 2.57 bits per heavy atom. The molecular formula is C35H40O7. The Kier molecular flexibility index (Phi) is 7.32. The topological polar surface area (TPSA) is 99.1 Å². The van der Waals surface area contributed by atoms with Gasteiger partial charge in [-0.25, -0.2) is 4.79 Å². The SMILES string of the molecule is CC(=O)OC1CCC2C3CCc4cc(O)ccc4C3CCC12C.COc1c(C(C)C)oc2cc3oc(=O)ccc3cc12. The summed E-state index contributed by atoms with van der Waals surface area (Å²) >= 11 is 0. The Morgan fingerprint density at radius 2 is 1.83 bits per heavy atom. The van der Waals surface area contributed by atoms with Crippen molar-refractivity contribution in [3.63, 3.8) is 0 Å². The van der Waals surface area contributed by atoms with Crippen LogP contribution < -0.4 is 10.4 Å². The maximum Gasteiger partial charge on any atom is 0.336 e. The van der Waals surface area contributed by atoms with Crippen LogP contribution in [0.3, 0.4) is 0 Å². The highest BCUT2D eigenvalue weighted by molar-refractivity contribution is 5.97. The largest absolute Gasteiger partial charge is 0.508 e. The molecule has 2 aromatic carbocycles. The van der Waals surface area contributed by atoms with E-state index in [9.17, 15) is 14.7 Å². The van der Waals surface area contributed by atoms with Gasteiger partial charge in [0.2, 0.25) is 0 Å². The van der Waals surface area contributed by atoms with Gasteiger partial charge in [0.05, 0.1) is 12.5 Å². The van der Waals surface area contributed by atoms with Gasteiger partial charge in [0.1, 0.15) is 28.8 Å². The van der Waals surface area contributed by atoms with Crippen molar-refractivity contribution in [3.8, 4) is 11.5 Å². The highest BCUT2D eigenvalue weighted by Crippen LogP contribution is 2.61. The van der Waals surface area contributed by atoms with Crippen LogP contribution >= 0.6 is 0 Å². The number of esters is 1. The summed E-state index contributed by atoms with van der Waals surface area (Å²) in [5, 5.41) is 11.5. The lowest BCUT2D eigenvalue weighted by molar-refractivity contribution is -0.154. The van der Waals surface area contributed by atoms with Crippen LogP contribution in [0.2, 0.25) is 0 Å². The van der Waals surface area contributed by atoms with Crippen LogP contribution in [0.5, 0.6) is 11.5 Å². The summed E-state index contributed by atoms with van der Waals surface area (Å²) in [5.41, 5.74) is 3.77. The van der Waals surface area contributed by atoms with Crippen LogP contribution in [-0.2, 0) is 16.0 Å². The molecule has 3 aliphatic carbocycles. The Bertz CT molecular complexity index is 1700.